The maximum Gasteiger partial charge on any atom is 0.229 e. The molecule has 0 fully saturated rings. The molecule has 1 nitrogen and oxygen atoms in total. The van der Waals surface area contributed by atoms with Crippen LogP contribution in [-0.2, 0) is 0 Å². The lowest BCUT2D eigenvalue weighted by Gasteiger charge is -1.94. The highest BCUT2D eigenvalue weighted by Gasteiger charge is 2.05. The zero-order valence-electron chi connectivity index (χ0n) is 4.54. The molecule has 0 amide bonds. The zero-order valence-corrected chi connectivity index (χ0v) is 8.85. The van der Waals surface area contributed by atoms with Crippen LogP contribution in [0.25, 0.3) is 0 Å². The molecule has 0 aliphatic heterocycles. The summed E-state index contributed by atoms with van der Waals surface area (Å²) in [5, 5.41) is 0. The highest BCUT2D eigenvalue weighted by atomic mass is 127. The molecule has 1 aromatic heterocycles. The fourth-order valence-corrected chi connectivity index (χ4v) is 1.88. The number of halogens is 4. The van der Waals surface area contributed by atoms with Crippen LogP contribution in [0, 0.1) is 19.0 Å². The minimum absolute atomic E-state index is 0.336. The van der Waals surface area contributed by atoms with E-state index < -0.39 is 11.9 Å². The summed E-state index contributed by atoms with van der Waals surface area (Å²) in [5.74, 6) is -1.50. The SMILES string of the molecule is Fc1nc(F)c(I)cc1I. The normalized spacial score (nSPS) is 10.0. The van der Waals surface area contributed by atoms with Crippen LogP contribution in [0.3, 0.4) is 0 Å². The van der Waals surface area contributed by atoms with E-state index in [1.807, 2.05) is 0 Å². The van der Waals surface area contributed by atoms with Crippen LogP contribution in [0.15, 0.2) is 6.07 Å². The van der Waals surface area contributed by atoms with Crippen molar-refractivity contribution in [2.75, 3.05) is 0 Å². The number of aromatic nitrogens is 1. The maximum absolute atomic E-state index is 12.4. The van der Waals surface area contributed by atoms with Gasteiger partial charge in [-0.1, -0.05) is 0 Å². The molecule has 0 bridgehead atoms. The van der Waals surface area contributed by atoms with Crippen LogP contribution in [0.1, 0.15) is 0 Å². The molecule has 0 saturated heterocycles. The maximum atomic E-state index is 12.4. The highest BCUT2D eigenvalue weighted by Crippen LogP contribution is 2.14. The molecule has 5 heteroatoms. The summed E-state index contributed by atoms with van der Waals surface area (Å²) in [7, 11) is 0. The van der Waals surface area contributed by atoms with E-state index in [0.29, 0.717) is 7.14 Å². The first-order valence-electron chi connectivity index (χ1n) is 2.28. The van der Waals surface area contributed by atoms with Crippen molar-refractivity contribution in [2.24, 2.45) is 0 Å². The topological polar surface area (TPSA) is 12.9 Å². The number of hydrogen-bond acceptors (Lipinski definition) is 1. The van der Waals surface area contributed by atoms with Gasteiger partial charge < -0.3 is 0 Å². The average molecular weight is 367 g/mol. The molecule has 0 N–H and O–H groups in total. The molecule has 0 aromatic carbocycles. The summed E-state index contributed by atoms with van der Waals surface area (Å²) >= 11 is 3.52. The lowest BCUT2D eigenvalue weighted by atomic mass is 10.5. The van der Waals surface area contributed by atoms with E-state index in [0.717, 1.165) is 0 Å². The van der Waals surface area contributed by atoms with Crippen molar-refractivity contribution in [2.45, 2.75) is 0 Å². The van der Waals surface area contributed by atoms with Crippen molar-refractivity contribution in [3.63, 3.8) is 0 Å². The molecule has 54 valence electrons. The van der Waals surface area contributed by atoms with Gasteiger partial charge in [-0.25, -0.2) is 0 Å². The third-order valence-corrected chi connectivity index (χ3v) is 2.36. The zero-order chi connectivity index (χ0) is 7.72. The number of nitrogens with zero attached hydrogens (tertiary/aromatic N) is 1. The Bertz CT molecular complexity index is 214. The van der Waals surface area contributed by atoms with E-state index in [1.54, 1.807) is 45.2 Å². The van der Waals surface area contributed by atoms with Crippen LogP contribution in [-0.4, -0.2) is 4.98 Å². The Balaban J connectivity index is 3.28. The molecule has 1 heterocycles. The quantitative estimate of drug-likeness (QED) is 0.508. The van der Waals surface area contributed by atoms with Crippen molar-refractivity contribution in [1.82, 2.24) is 4.98 Å². The van der Waals surface area contributed by atoms with Crippen molar-refractivity contribution >= 4 is 45.2 Å². The van der Waals surface area contributed by atoms with Gasteiger partial charge in [-0.2, -0.15) is 13.8 Å². The van der Waals surface area contributed by atoms with Crippen molar-refractivity contribution < 1.29 is 8.78 Å². The van der Waals surface area contributed by atoms with Gasteiger partial charge in [0.15, 0.2) is 0 Å². The predicted molar refractivity (Wildman–Crippen MR) is 49.6 cm³/mol. The summed E-state index contributed by atoms with van der Waals surface area (Å²) in [6.45, 7) is 0. The minimum atomic E-state index is -0.751. The summed E-state index contributed by atoms with van der Waals surface area (Å²) in [5.41, 5.74) is 0. The standard InChI is InChI=1S/C5HF2I2N/c6-4-2(8)1-3(9)5(7)10-4/h1H. The number of pyridine rings is 1. The van der Waals surface area contributed by atoms with Gasteiger partial charge in [0.1, 0.15) is 0 Å². The van der Waals surface area contributed by atoms with Crippen molar-refractivity contribution in [3.8, 4) is 0 Å². The first-order chi connectivity index (χ1) is 4.61. The van der Waals surface area contributed by atoms with E-state index in [2.05, 4.69) is 4.98 Å². The van der Waals surface area contributed by atoms with Crippen LogP contribution in [0.5, 0.6) is 0 Å². The summed E-state index contributed by atoms with van der Waals surface area (Å²) in [6, 6.07) is 1.40. The van der Waals surface area contributed by atoms with E-state index in [4.69, 9.17) is 0 Å². The van der Waals surface area contributed by atoms with E-state index >= 15 is 0 Å². The van der Waals surface area contributed by atoms with Gasteiger partial charge in [0.25, 0.3) is 0 Å². The molecule has 0 spiro atoms. The average Bonchev–Trinajstić information content (AvgIpc) is 1.84. The van der Waals surface area contributed by atoms with Gasteiger partial charge in [0.2, 0.25) is 11.9 Å². The van der Waals surface area contributed by atoms with Crippen LogP contribution in [0.4, 0.5) is 8.78 Å². The molecule has 0 aliphatic carbocycles. The molecule has 0 saturated carbocycles. The van der Waals surface area contributed by atoms with Gasteiger partial charge in [0.05, 0.1) is 7.14 Å². The number of rotatable bonds is 0. The number of hydrogen-bond donors (Lipinski definition) is 0. The second kappa shape index (κ2) is 3.24. The molecule has 0 unspecified atom stereocenters. The molecular weight excluding hydrogens is 366 g/mol. The monoisotopic (exact) mass is 367 g/mol. The third-order valence-electron chi connectivity index (χ3n) is 0.844. The Morgan fingerprint density at radius 1 is 1.10 bits per heavy atom. The van der Waals surface area contributed by atoms with Crippen molar-refractivity contribution in [3.05, 3.63) is 25.1 Å². The molecule has 1 rings (SSSR count). The Morgan fingerprint density at radius 2 is 1.50 bits per heavy atom. The minimum Gasteiger partial charge on any atom is -0.189 e. The largest absolute Gasteiger partial charge is 0.229 e. The summed E-state index contributed by atoms with van der Waals surface area (Å²) in [6.07, 6.45) is 0. The van der Waals surface area contributed by atoms with Gasteiger partial charge in [0, 0.05) is 0 Å². The fourth-order valence-electron chi connectivity index (χ4n) is 0.423. The van der Waals surface area contributed by atoms with Crippen LogP contribution >= 0.6 is 45.2 Å². The summed E-state index contributed by atoms with van der Waals surface area (Å²) < 4.78 is 25.5. The lowest BCUT2D eigenvalue weighted by Crippen LogP contribution is -1.94. The molecular formula is C5HF2I2N. The van der Waals surface area contributed by atoms with Crippen molar-refractivity contribution in [1.29, 1.82) is 0 Å². The molecule has 0 radical (unpaired) electrons. The van der Waals surface area contributed by atoms with Gasteiger partial charge in [-0.05, 0) is 51.2 Å². The smallest absolute Gasteiger partial charge is 0.189 e. The molecule has 1 aromatic rings. The van der Waals surface area contributed by atoms with Crippen LogP contribution < -0.4 is 0 Å². The Hall–Kier alpha value is 0.470. The Kier molecular flexibility index (Phi) is 2.78. The highest BCUT2D eigenvalue weighted by molar-refractivity contribution is 14.1. The van der Waals surface area contributed by atoms with Gasteiger partial charge >= 0.3 is 0 Å². The van der Waals surface area contributed by atoms with Gasteiger partial charge in [-0.15, -0.1) is 0 Å². The third kappa shape index (κ3) is 1.74. The Labute approximate surface area is 83.5 Å². The van der Waals surface area contributed by atoms with E-state index in [-0.39, 0.29) is 0 Å². The fraction of sp³-hybridized carbons (Fsp3) is 0. The molecule has 0 atom stereocenters. The molecule has 10 heavy (non-hydrogen) atoms. The predicted octanol–water partition coefficient (Wildman–Crippen LogP) is 2.57. The lowest BCUT2D eigenvalue weighted by molar-refractivity contribution is 0.503. The Morgan fingerprint density at radius 3 is 1.80 bits per heavy atom. The van der Waals surface area contributed by atoms with Crippen LogP contribution in [0.2, 0.25) is 0 Å². The van der Waals surface area contributed by atoms with E-state index in [9.17, 15) is 8.78 Å². The second-order valence-electron chi connectivity index (χ2n) is 1.53. The van der Waals surface area contributed by atoms with Gasteiger partial charge in [-0.3, -0.25) is 0 Å². The first kappa shape index (κ1) is 8.57. The first-order valence-corrected chi connectivity index (χ1v) is 4.44. The second-order valence-corrected chi connectivity index (χ2v) is 3.86. The molecule has 0 aliphatic rings. The van der Waals surface area contributed by atoms with E-state index in [1.165, 1.54) is 6.07 Å². The summed E-state index contributed by atoms with van der Waals surface area (Å²) in [4.78, 5) is 3.02.